The SMILES string of the molecule is CCc1ccc2nc3c(c(C(C)N)c2c1)CN(C)CC3. The summed E-state index contributed by atoms with van der Waals surface area (Å²) >= 11 is 0. The van der Waals surface area contributed by atoms with Crippen LogP contribution >= 0.6 is 0 Å². The zero-order chi connectivity index (χ0) is 14.3. The summed E-state index contributed by atoms with van der Waals surface area (Å²) in [6.45, 7) is 6.32. The highest BCUT2D eigenvalue weighted by Crippen LogP contribution is 2.31. The fourth-order valence-electron chi connectivity index (χ4n) is 3.20. The molecule has 1 unspecified atom stereocenters. The van der Waals surface area contributed by atoms with Gasteiger partial charge in [-0.1, -0.05) is 13.0 Å². The first-order valence-electron chi connectivity index (χ1n) is 7.48. The molecule has 0 saturated heterocycles. The lowest BCUT2D eigenvalue weighted by Crippen LogP contribution is -2.29. The van der Waals surface area contributed by atoms with E-state index < -0.39 is 0 Å². The van der Waals surface area contributed by atoms with Crippen LogP contribution in [-0.2, 0) is 19.4 Å². The number of aromatic nitrogens is 1. The quantitative estimate of drug-likeness (QED) is 0.911. The molecule has 0 spiro atoms. The number of fused-ring (bicyclic) bond motifs is 2. The lowest BCUT2D eigenvalue weighted by Gasteiger charge is -2.28. The number of hydrogen-bond donors (Lipinski definition) is 1. The average molecular weight is 269 g/mol. The number of benzene rings is 1. The summed E-state index contributed by atoms with van der Waals surface area (Å²) in [5, 5.41) is 1.24. The van der Waals surface area contributed by atoms with E-state index in [1.165, 1.54) is 27.8 Å². The number of nitrogens with two attached hydrogens (primary N) is 1. The molecule has 1 atom stereocenters. The molecule has 0 radical (unpaired) electrons. The molecular weight excluding hydrogens is 246 g/mol. The summed E-state index contributed by atoms with van der Waals surface area (Å²) in [6.07, 6.45) is 2.07. The second-order valence-electron chi connectivity index (χ2n) is 5.93. The highest BCUT2D eigenvalue weighted by atomic mass is 15.1. The zero-order valence-electron chi connectivity index (χ0n) is 12.6. The third kappa shape index (κ3) is 2.21. The number of aryl methyl sites for hydroxylation is 1. The van der Waals surface area contributed by atoms with Crippen LogP contribution in [-0.4, -0.2) is 23.5 Å². The largest absolute Gasteiger partial charge is 0.324 e. The van der Waals surface area contributed by atoms with E-state index in [1.54, 1.807) is 0 Å². The Morgan fingerprint density at radius 3 is 2.90 bits per heavy atom. The molecule has 3 nitrogen and oxygen atoms in total. The van der Waals surface area contributed by atoms with E-state index in [4.69, 9.17) is 10.7 Å². The van der Waals surface area contributed by atoms with Gasteiger partial charge in [0.15, 0.2) is 0 Å². The summed E-state index contributed by atoms with van der Waals surface area (Å²) in [6, 6.07) is 6.66. The second-order valence-corrected chi connectivity index (χ2v) is 5.93. The van der Waals surface area contributed by atoms with E-state index in [0.717, 1.165) is 31.4 Å². The van der Waals surface area contributed by atoms with Crippen molar-refractivity contribution in [2.75, 3.05) is 13.6 Å². The Morgan fingerprint density at radius 2 is 2.20 bits per heavy atom. The number of hydrogen-bond acceptors (Lipinski definition) is 3. The van der Waals surface area contributed by atoms with Crippen LogP contribution in [0.2, 0.25) is 0 Å². The minimum absolute atomic E-state index is 0.0489. The third-order valence-electron chi connectivity index (χ3n) is 4.30. The summed E-state index contributed by atoms with van der Waals surface area (Å²) in [5.41, 5.74) is 12.6. The van der Waals surface area contributed by atoms with Crippen LogP contribution < -0.4 is 5.73 Å². The molecule has 2 aromatic rings. The summed E-state index contributed by atoms with van der Waals surface area (Å²) in [7, 11) is 2.17. The maximum atomic E-state index is 6.29. The standard InChI is InChI=1S/C17H23N3/c1-4-12-5-6-15-13(9-12)17(11(2)18)14-10-20(3)8-7-16(14)19-15/h5-6,9,11H,4,7-8,10,18H2,1-3H3. The van der Waals surface area contributed by atoms with Crippen LogP contribution in [0.15, 0.2) is 18.2 Å². The molecule has 1 aromatic heterocycles. The Bertz CT molecular complexity index is 646. The van der Waals surface area contributed by atoms with E-state index in [9.17, 15) is 0 Å². The maximum absolute atomic E-state index is 6.29. The molecule has 1 aromatic carbocycles. The molecule has 0 fully saturated rings. The summed E-state index contributed by atoms with van der Waals surface area (Å²) in [4.78, 5) is 7.24. The van der Waals surface area contributed by atoms with E-state index >= 15 is 0 Å². The second kappa shape index (κ2) is 5.15. The van der Waals surface area contributed by atoms with Gasteiger partial charge in [0.2, 0.25) is 0 Å². The first kappa shape index (κ1) is 13.5. The van der Waals surface area contributed by atoms with Crippen molar-refractivity contribution >= 4 is 10.9 Å². The van der Waals surface area contributed by atoms with Crippen molar-refractivity contribution in [1.29, 1.82) is 0 Å². The van der Waals surface area contributed by atoms with Crippen molar-refractivity contribution in [1.82, 2.24) is 9.88 Å². The van der Waals surface area contributed by atoms with Gasteiger partial charge < -0.3 is 10.6 Å². The van der Waals surface area contributed by atoms with E-state index in [2.05, 4.69) is 44.0 Å². The predicted molar refractivity (Wildman–Crippen MR) is 83.8 cm³/mol. The van der Waals surface area contributed by atoms with Gasteiger partial charge in [-0.15, -0.1) is 0 Å². The Balaban J connectivity index is 2.31. The molecule has 1 aliphatic rings. The molecule has 0 aliphatic carbocycles. The lowest BCUT2D eigenvalue weighted by atomic mass is 9.91. The van der Waals surface area contributed by atoms with Gasteiger partial charge in [0, 0.05) is 36.6 Å². The number of rotatable bonds is 2. The molecule has 0 saturated carbocycles. The first-order chi connectivity index (χ1) is 9.60. The van der Waals surface area contributed by atoms with E-state index in [0.29, 0.717) is 0 Å². The average Bonchev–Trinajstić information content (AvgIpc) is 2.43. The lowest BCUT2D eigenvalue weighted by molar-refractivity contribution is 0.308. The van der Waals surface area contributed by atoms with Crippen molar-refractivity contribution < 1.29 is 0 Å². The molecular formula is C17H23N3. The van der Waals surface area contributed by atoms with Gasteiger partial charge in [0.05, 0.1) is 5.52 Å². The van der Waals surface area contributed by atoms with Gasteiger partial charge in [-0.3, -0.25) is 4.98 Å². The Kier molecular flexibility index (Phi) is 3.48. The van der Waals surface area contributed by atoms with Crippen molar-refractivity contribution in [3.63, 3.8) is 0 Å². The highest BCUT2D eigenvalue weighted by molar-refractivity contribution is 5.85. The molecule has 3 rings (SSSR count). The Morgan fingerprint density at radius 1 is 1.40 bits per heavy atom. The van der Waals surface area contributed by atoms with Crippen molar-refractivity contribution in [3.05, 3.63) is 40.6 Å². The fraction of sp³-hybridized carbons (Fsp3) is 0.471. The summed E-state index contributed by atoms with van der Waals surface area (Å²) in [5.74, 6) is 0. The zero-order valence-corrected chi connectivity index (χ0v) is 12.6. The molecule has 2 N–H and O–H groups in total. The smallest absolute Gasteiger partial charge is 0.0709 e. The number of likely N-dealkylation sites (N-methyl/N-ethyl adjacent to an activating group) is 1. The van der Waals surface area contributed by atoms with Crippen molar-refractivity contribution in [3.8, 4) is 0 Å². The highest BCUT2D eigenvalue weighted by Gasteiger charge is 2.22. The van der Waals surface area contributed by atoms with Crippen LogP contribution in [0.1, 0.15) is 42.3 Å². The minimum Gasteiger partial charge on any atom is -0.324 e. The molecule has 0 amide bonds. The van der Waals surface area contributed by atoms with Crippen LogP contribution in [0.3, 0.4) is 0 Å². The fourth-order valence-corrected chi connectivity index (χ4v) is 3.20. The number of nitrogens with zero attached hydrogens (tertiary/aromatic N) is 2. The maximum Gasteiger partial charge on any atom is 0.0709 e. The van der Waals surface area contributed by atoms with Crippen molar-refractivity contribution in [2.24, 2.45) is 5.73 Å². The third-order valence-corrected chi connectivity index (χ3v) is 4.30. The molecule has 106 valence electrons. The normalized spacial score (nSPS) is 17.2. The van der Waals surface area contributed by atoms with Crippen LogP contribution in [0.25, 0.3) is 10.9 Å². The van der Waals surface area contributed by atoms with Crippen LogP contribution in [0.5, 0.6) is 0 Å². The monoisotopic (exact) mass is 269 g/mol. The van der Waals surface area contributed by atoms with Gasteiger partial charge in [0.1, 0.15) is 0 Å². The van der Waals surface area contributed by atoms with Crippen LogP contribution in [0, 0.1) is 0 Å². The molecule has 20 heavy (non-hydrogen) atoms. The molecule has 1 aliphatic heterocycles. The molecule has 2 heterocycles. The summed E-state index contributed by atoms with van der Waals surface area (Å²) < 4.78 is 0. The van der Waals surface area contributed by atoms with Gasteiger partial charge in [0.25, 0.3) is 0 Å². The van der Waals surface area contributed by atoms with E-state index in [1.807, 2.05) is 0 Å². The van der Waals surface area contributed by atoms with Crippen LogP contribution in [0.4, 0.5) is 0 Å². The van der Waals surface area contributed by atoms with Gasteiger partial charge in [-0.25, -0.2) is 0 Å². The van der Waals surface area contributed by atoms with Crippen molar-refractivity contribution in [2.45, 2.75) is 39.3 Å². The Labute approximate surface area is 120 Å². The first-order valence-corrected chi connectivity index (χ1v) is 7.48. The topological polar surface area (TPSA) is 42.1 Å². The van der Waals surface area contributed by atoms with Gasteiger partial charge in [-0.2, -0.15) is 0 Å². The number of pyridine rings is 1. The molecule has 3 heteroatoms. The van der Waals surface area contributed by atoms with Gasteiger partial charge in [-0.05, 0) is 49.2 Å². The minimum atomic E-state index is 0.0489. The molecule has 0 bridgehead atoms. The predicted octanol–water partition coefficient (Wildman–Crippen LogP) is 2.80. The van der Waals surface area contributed by atoms with E-state index in [-0.39, 0.29) is 6.04 Å². The van der Waals surface area contributed by atoms with Gasteiger partial charge >= 0.3 is 0 Å². The Hall–Kier alpha value is -1.45.